The molecule has 5 aliphatic rings. The zero-order chi connectivity index (χ0) is 21.6. The summed E-state index contributed by atoms with van der Waals surface area (Å²) in [5.74, 6) is 1.83. The van der Waals surface area contributed by atoms with Crippen molar-refractivity contribution in [2.75, 3.05) is 31.1 Å². The van der Waals surface area contributed by atoms with Gasteiger partial charge in [0.2, 0.25) is 0 Å². The molecule has 7 heteroatoms. The van der Waals surface area contributed by atoms with Crippen molar-refractivity contribution in [3.8, 4) is 0 Å². The molecule has 1 aromatic carbocycles. The van der Waals surface area contributed by atoms with Gasteiger partial charge in [-0.05, 0) is 87.5 Å². The zero-order valence-electron chi connectivity index (χ0n) is 18.3. The van der Waals surface area contributed by atoms with E-state index in [1.807, 2.05) is 6.92 Å². The lowest BCUT2D eigenvalue weighted by Gasteiger charge is -2.56. The van der Waals surface area contributed by atoms with Crippen LogP contribution in [-0.4, -0.2) is 49.7 Å². The number of carbonyl (C=O) groups is 2. The molecule has 0 unspecified atom stereocenters. The molecule has 6 rings (SSSR count). The van der Waals surface area contributed by atoms with Gasteiger partial charge in [-0.15, -0.1) is 0 Å². The van der Waals surface area contributed by atoms with E-state index in [1.165, 1.54) is 36.3 Å². The maximum atomic E-state index is 13.2. The SMILES string of the molecule is C[C@@H](C(=O)NC(=O)NC12CC3CC(CC(C3)C1)C2)[NH+]1CCN(c2ccc(F)cc2)CC1. The molecule has 4 saturated carbocycles. The molecule has 3 N–H and O–H groups in total. The predicted octanol–water partition coefficient (Wildman–Crippen LogP) is 1.71. The molecule has 4 bridgehead atoms. The Balaban J connectivity index is 1.11. The Kier molecular flexibility index (Phi) is 5.40. The van der Waals surface area contributed by atoms with Gasteiger partial charge in [0.25, 0.3) is 5.91 Å². The minimum atomic E-state index is -0.317. The van der Waals surface area contributed by atoms with Crippen molar-refractivity contribution < 1.29 is 18.9 Å². The molecule has 6 nitrogen and oxygen atoms in total. The van der Waals surface area contributed by atoms with Gasteiger partial charge in [0, 0.05) is 11.2 Å². The number of rotatable bonds is 4. The van der Waals surface area contributed by atoms with Gasteiger partial charge >= 0.3 is 6.03 Å². The Bertz CT molecular complexity index is 799. The average Bonchev–Trinajstić information content (AvgIpc) is 2.72. The Morgan fingerprint density at radius 3 is 2.13 bits per heavy atom. The summed E-state index contributed by atoms with van der Waals surface area (Å²) in [7, 11) is 0. The minimum absolute atomic E-state index is 0.0873. The monoisotopic (exact) mass is 429 g/mol. The maximum absolute atomic E-state index is 13.2. The van der Waals surface area contributed by atoms with Crippen molar-refractivity contribution in [3.05, 3.63) is 30.1 Å². The van der Waals surface area contributed by atoms with Gasteiger partial charge in [-0.25, -0.2) is 9.18 Å². The number of nitrogens with one attached hydrogen (secondary N) is 3. The van der Waals surface area contributed by atoms with E-state index in [0.29, 0.717) is 0 Å². The lowest BCUT2D eigenvalue weighted by Crippen LogP contribution is -3.19. The molecule has 1 atom stereocenters. The summed E-state index contributed by atoms with van der Waals surface area (Å²) >= 11 is 0. The summed E-state index contributed by atoms with van der Waals surface area (Å²) in [5.41, 5.74) is 0.920. The van der Waals surface area contributed by atoms with Gasteiger partial charge < -0.3 is 15.1 Å². The third-order valence-corrected chi connectivity index (χ3v) is 8.26. The van der Waals surface area contributed by atoms with Crippen LogP contribution in [0.25, 0.3) is 0 Å². The second-order valence-corrected chi connectivity index (χ2v) is 10.5. The number of benzene rings is 1. The van der Waals surface area contributed by atoms with E-state index in [0.717, 1.165) is 68.9 Å². The molecule has 0 spiro atoms. The molecule has 168 valence electrons. The van der Waals surface area contributed by atoms with Crippen LogP contribution in [0.4, 0.5) is 14.9 Å². The summed E-state index contributed by atoms with van der Waals surface area (Å²) < 4.78 is 13.2. The van der Waals surface area contributed by atoms with Crippen LogP contribution in [0.1, 0.15) is 45.4 Å². The van der Waals surface area contributed by atoms with E-state index in [9.17, 15) is 14.0 Å². The van der Waals surface area contributed by atoms with Crippen LogP contribution in [-0.2, 0) is 4.79 Å². The van der Waals surface area contributed by atoms with Gasteiger partial charge in [0.15, 0.2) is 6.04 Å². The lowest BCUT2D eigenvalue weighted by molar-refractivity contribution is -0.914. The number of piperazine rings is 1. The number of quaternary nitrogens is 1. The summed E-state index contributed by atoms with van der Waals surface area (Å²) in [6.45, 7) is 5.12. The van der Waals surface area contributed by atoms with Gasteiger partial charge in [-0.2, -0.15) is 0 Å². The summed E-state index contributed by atoms with van der Waals surface area (Å²) in [6, 6.07) is 5.96. The fourth-order valence-electron chi connectivity index (χ4n) is 7.08. The molecular formula is C24H34FN4O2+. The zero-order valence-corrected chi connectivity index (χ0v) is 18.3. The number of halogens is 1. The Morgan fingerprint density at radius 1 is 1.03 bits per heavy atom. The number of amides is 3. The third kappa shape index (κ3) is 4.29. The molecule has 0 aromatic heterocycles. The first-order chi connectivity index (χ1) is 14.9. The second kappa shape index (κ2) is 8.08. The van der Waals surface area contributed by atoms with E-state index >= 15 is 0 Å². The second-order valence-electron chi connectivity index (χ2n) is 10.5. The minimum Gasteiger partial charge on any atom is -0.360 e. The Labute approximate surface area is 183 Å². The van der Waals surface area contributed by atoms with E-state index in [1.54, 1.807) is 12.1 Å². The van der Waals surface area contributed by atoms with Crippen LogP contribution in [0.15, 0.2) is 24.3 Å². The highest BCUT2D eigenvalue weighted by molar-refractivity contribution is 5.96. The summed E-state index contributed by atoms with van der Waals surface area (Å²) in [6.07, 6.45) is 7.20. The van der Waals surface area contributed by atoms with Crippen LogP contribution >= 0.6 is 0 Å². The van der Waals surface area contributed by atoms with Crippen molar-refractivity contribution in [2.45, 2.75) is 57.0 Å². The Hall–Kier alpha value is -2.15. The topological polar surface area (TPSA) is 65.9 Å². The molecule has 1 saturated heterocycles. The van der Waals surface area contributed by atoms with Crippen LogP contribution < -0.4 is 20.4 Å². The summed E-state index contributed by atoms with van der Waals surface area (Å²) in [4.78, 5) is 28.9. The molecule has 3 amide bonds. The van der Waals surface area contributed by atoms with E-state index < -0.39 is 0 Å². The number of imide groups is 1. The number of hydrogen-bond donors (Lipinski definition) is 3. The first-order valence-corrected chi connectivity index (χ1v) is 11.9. The van der Waals surface area contributed by atoms with E-state index in [-0.39, 0.29) is 29.3 Å². The fraction of sp³-hybridized carbons (Fsp3) is 0.667. The standard InChI is InChI=1S/C24H33FN4O2/c1-16(28-6-8-29(9-7-28)21-4-2-20(25)3-5-21)22(30)26-23(31)27-24-13-17-10-18(14-24)12-19(11-17)15-24/h2-5,16-19H,6-15H2,1H3,(H2,26,27,30,31)/p+1/t16-,17?,18?,19?,24?/m0/s1. The molecule has 1 heterocycles. The van der Waals surface area contributed by atoms with Crippen molar-refractivity contribution in [3.63, 3.8) is 0 Å². The molecule has 0 radical (unpaired) electrons. The molecule has 1 aromatic rings. The van der Waals surface area contributed by atoms with Gasteiger partial charge in [-0.3, -0.25) is 10.1 Å². The quantitative estimate of drug-likeness (QED) is 0.683. The molecule has 1 aliphatic heterocycles. The highest BCUT2D eigenvalue weighted by Gasteiger charge is 2.51. The molecule has 4 aliphatic carbocycles. The molecular weight excluding hydrogens is 395 g/mol. The molecule has 31 heavy (non-hydrogen) atoms. The predicted molar refractivity (Wildman–Crippen MR) is 116 cm³/mol. The maximum Gasteiger partial charge on any atom is 0.322 e. The van der Waals surface area contributed by atoms with E-state index in [2.05, 4.69) is 15.5 Å². The van der Waals surface area contributed by atoms with Crippen LogP contribution in [0, 0.1) is 23.6 Å². The largest absolute Gasteiger partial charge is 0.360 e. The highest BCUT2D eigenvalue weighted by Crippen LogP contribution is 2.55. The smallest absolute Gasteiger partial charge is 0.322 e. The van der Waals surface area contributed by atoms with Crippen LogP contribution in [0.5, 0.6) is 0 Å². The van der Waals surface area contributed by atoms with Crippen molar-refractivity contribution in [1.29, 1.82) is 0 Å². The van der Waals surface area contributed by atoms with Crippen molar-refractivity contribution in [1.82, 2.24) is 10.6 Å². The number of hydrogen-bond acceptors (Lipinski definition) is 3. The van der Waals surface area contributed by atoms with E-state index in [4.69, 9.17) is 0 Å². The van der Waals surface area contributed by atoms with Crippen molar-refractivity contribution in [2.24, 2.45) is 17.8 Å². The molecule has 5 fully saturated rings. The van der Waals surface area contributed by atoms with Gasteiger partial charge in [0.1, 0.15) is 5.82 Å². The lowest BCUT2D eigenvalue weighted by atomic mass is 9.53. The normalized spacial score (nSPS) is 33.2. The first kappa shape index (κ1) is 20.7. The van der Waals surface area contributed by atoms with Gasteiger partial charge in [-0.1, -0.05) is 0 Å². The summed E-state index contributed by atoms with van der Waals surface area (Å²) in [5, 5.41) is 5.86. The number of nitrogens with zero attached hydrogens (tertiary/aromatic N) is 1. The number of anilines is 1. The van der Waals surface area contributed by atoms with Gasteiger partial charge in [0.05, 0.1) is 26.2 Å². The van der Waals surface area contributed by atoms with Crippen LogP contribution in [0.3, 0.4) is 0 Å². The van der Waals surface area contributed by atoms with Crippen molar-refractivity contribution >= 4 is 17.6 Å². The highest BCUT2D eigenvalue weighted by atomic mass is 19.1. The first-order valence-electron chi connectivity index (χ1n) is 11.9. The number of urea groups is 1. The fourth-order valence-corrected chi connectivity index (χ4v) is 7.08. The number of carbonyl (C=O) groups excluding carboxylic acids is 2. The Morgan fingerprint density at radius 2 is 1.58 bits per heavy atom. The third-order valence-electron chi connectivity index (χ3n) is 8.26. The van der Waals surface area contributed by atoms with Crippen LogP contribution in [0.2, 0.25) is 0 Å². The average molecular weight is 430 g/mol.